The first-order chi connectivity index (χ1) is 14.2. The van der Waals surface area contributed by atoms with Crippen LogP contribution in [0.3, 0.4) is 0 Å². The average molecular weight is 396 g/mol. The smallest absolute Gasteiger partial charge is 0.195 e. The van der Waals surface area contributed by atoms with Gasteiger partial charge in [-0.2, -0.15) is 9.65 Å². The fraction of sp³-hybridized carbons (Fsp3) is 0.667. The van der Waals surface area contributed by atoms with Gasteiger partial charge in [0.15, 0.2) is 5.83 Å². The molecule has 0 N–H and O–H groups in total. The van der Waals surface area contributed by atoms with Crippen LogP contribution in [0.25, 0.3) is 0 Å². The summed E-state index contributed by atoms with van der Waals surface area (Å²) in [6, 6.07) is 11.1. The van der Waals surface area contributed by atoms with Crippen molar-refractivity contribution < 1.29 is 4.39 Å². The van der Waals surface area contributed by atoms with E-state index in [1.54, 1.807) is 11.6 Å². The summed E-state index contributed by atoms with van der Waals surface area (Å²) in [6.45, 7) is 2.26. The highest BCUT2D eigenvalue weighted by atomic mass is 19.1. The van der Waals surface area contributed by atoms with Crippen LogP contribution in [-0.4, -0.2) is 0 Å². The zero-order valence-corrected chi connectivity index (χ0v) is 18.2. The minimum atomic E-state index is -0.619. The summed E-state index contributed by atoms with van der Waals surface area (Å²) >= 11 is 0. The van der Waals surface area contributed by atoms with Crippen LogP contribution in [0.5, 0.6) is 0 Å². The number of aryl methyl sites for hydroxylation is 1. The lowest BCUT2D eigenvalue weighted by molar-refractivity contribution is 0.157. The zero-order chi connectivity index (χ0) is 20.5. The molecule has 0 saturated heterocycles. The van der Waals surface area contributed by atoms with Crippen LogP contribution in [0.2, 0.25) is 0 Å². The topological polar surface area (TPSA) is 23.8 Å². The Balaban J connectivity index is 1.38. The number of nitrogens with zero attached hydrogens (tertiary/aromatic N) is 1. The van der Waals surface area contributed by atoms with E-state index in [-0.39, 0.29) is 0 Å². The van der Waals surface area contributed by atoms with Gasteiger partial charge in [0.1, 0.15) is 6.07 Å². The van der Waals surface area contributed by atoms with Gasteiger partial charge in [0, 0.05) is 0 Å². The molecule has 1 aromatic rings. The molecule has 0 bridgehead atoms. The molecule has 1 nitrogen and oxygen atoms in total. The molecule has 0 heterocycles. The quantitative estimate of drug-likeness (QED) is 0.406. The van der Waals surface area contributed by atoms with Gasteiger partial charge in [0.2, 0.25) is 0 Å². The minimum absolute atomic E-state index is 0.619. The van der Waals surface area contributed by atoms with Crippen molar-refractivity contribution >= 4 is 0 Å². The molecule has 1 aromatic carbocycles. The van der Waals surface area contributed by atoms with Gasteiger partial charge >= 0.3 is 0 Å². The Morgan fingerprint density at radius 1 is 1.00 bits per heavy atom. The van der Waals surface area contributed by atoms with E-state index < -0.39 is 5.83 Å². The molecule has 0 aliphatic heterocycles. The van der Waals surface area contributed by atoms with E-state index in [0.717, 1.165) is 36.5 Å². The summed E-state index contributed by atoms with van der Waals surface area (Å²) in [5, 5.41) is 8.49. The Labute approximate surface area is 177 Å². The molecule has 0 radical (unpaired) electrons. The van der Waals surface area contributed by atoms with Crippen molar-refractivity contribution in [1.82, 2.24) is 0 Å². The number of nitriles is 1. The number of hydrogen-bond donors (Lipinski definition) is 0. The van der Waals surface area contributed by atoms with E-state index >= 15 is 0 Å². The van der Waals surface area contributed by atoms with Crippen LogP contribution in [0.4, 0.5) is 4.39 Å². The minimum Gasteiger partial charge on any atom is -0.195 e. The van der Waals surface area contributed by atoms with E-state index in [9.17, 15) is 4.39 Å². The van der Waals surface area contributed by atoms with Crippen LogP contribution >= 0.6 is 0 Å². The Morgan fingerprint density at radius 3 is 2.21 bits per heavy atom. The number of benzene rings is 1. The fourth-order valence-corrected chi connectivity index (χ4v) is 5.70. The maximum absolute atomic E-state index is 12.9. The van der Waals surface area contributed by atoms with Crippen molar-refractivity contribution in [3.8, 4) is 6.07 Å². The molecule has 2 aliphatic rings. The van der Waals surface area contributed by atoms with Crippen LogP contribution in [0.1, 0.15) is 101 Å². The number of hydrogen-bond acceptors (Lipinski definition) is 1. The number of allylic oxidation sites excluding steroid dienone is 2. The molecule has 2 aliphatic carbocycles. The van der Waals surface area contributed by atoms with Gasteiger partial charge in [-0.25, -0.2) is 0 Å². The summed E-state index contributed by atoms with van der Waals surface area (Å²) in [4.78, 5) is 0. The van der Waals surface area contributed by atoms with Crippen LogP contribution in [0, 0.1) is 29.1 Å². The highest BCUT2D eigenvalue weighted by molar-refractivity contribution is 5.26. The van der Waals surface area contributed by atoms with Crippen LogP contribution in [-0.2, 0) is 6.42 Å². The Bertz CT molecular complexity index is 667. The first-order valence-electron chi connectivity index (χ1n) is 12.0. The maximum atomic E-state index is 12.9. The van der Waals surface area contributed by atoms with E-state index in [2.05, 4.69) is 31.2 Å². The van der Waals surface area contributed by atoms with Gasteiger partial charge in [0.25, 0.3) is 0 Å². The normalized spacial score (nSPS) is 28.1. The van der Waals surface area contributed by atoms with Gasteiger partial charge in [-0.3, -0.25) is 0 Å². The van der Waals surface area contributed by atoms with Crippen molar-refractivity contribution in [2.24, 2.45) is 17.8 Å². The third-order valence-electron chi connectivity index (χ3n) is 7.61. The predicted molar refractivity (Wildman–Crippen MR) is 119 cm³/mol. The molecular formula is C27H38FN. The molecule has 0 unspecified atom stereocenters. The van der Waals surface area contributed by atoms with E-state index in [1.807, 2.05) is 0 Å². The monoisotopic (exact) mass is 395 g/mol. The predicted octanol–water partition coefficient (Wildman–Crippen LogP) is 8.27. The summed E-state index contributed by atoms with van der Waals surface area (Å²) in [7, 11) is 0. The number of rotatable bonds is 8. The second-order valence-electron chi connectivity index (χ2n) is 9.48. The Hall–Kier alpha value is -1.62. The number of unbranched alkanes of at least 4 members (excludes halogenated alkanes) is 1. The Kier molecular flexibility index (Phi) is 8.78. The van der Waals surface area contributed by atoms with Crippen LogP contribution < -0.4 is 0 Å². The molecule has 0 spiro atoms. The van der Waals surface area contributed by atoms with Gasteiger partial charge < -0.3 is 0 Å². The standard InChI is InChI=1S/C27H38FN/c1-2-3-5-21-8-12-23(13-9-21)25-16-18-26(19-17-25)24-14-10-22(11-15-24)6-4-7-27(28)20-29/h7-9,12-13,22,24-26H,2-6,10-11,14-19H2,1H3/b27-7-. The molecule has 2 heteroatoms. The van der Waals surface area contributed by atoms with E-state index in [1.165, 1.54) is 82.3 Å². The molecule has 2 fully saturated rings. The lowest BCUT2D eigenvalue weighted by Crippen LogP contribution is -2.25. The van der Waals surface area contributed by atoms with Crippen molar-refractivity contribution in [2.75, 3.05) is 0 Å². The molecule has 0 amide bonds. The summed E-state index contributed by atoms with van der Waals surface area (Å²) in [6.07, 6.45) is 17.8. The number of halogens is 1. The van der Waals surface area contributed by atoms with Crippen molar-refractivity contribution in [3.63, 3.8) is 0 Å². The molecule has 3 rings (SSSR count). The lowest BCUT2D eigenvalue weighted by Gasteiger charge is -2.38. The van der Waals surface area contributed by atoms with Gasteiger partial charge in [0.05, 0.1) is 0 Å². The molecule has 0 aromatic heterocycles. The summed E-state index contributed by atoms with van der Waals surface area (Å²) < 4.78 is 12.9. The van der Waals surface area contributed by atoms with Crippen molar-refractivity contribution in [1.29, 1.82) is 5.26 Å². The third kappa shape index (κ3) is 6.70. The van der Waals surface area contributed by atoms with E-state index in [4.69, 9.17) is 5.26 Å². The van der Waals surface area contributed by atoms with Crippen LogP contribution in [0.15, 0.2) is 36.2 Å². The largest absolute Gasteiger partial charge is 0.196 e. The molecule has 29 heavy (non-hydrogen) atoms. The molecule has 158 valence electrons. The highest BCUT2D eigenvalue weighted by Gasteiger charge is 2.31. The molecule has 2 saturated carbocycles. The lowest BCUT2D eigenvalue weighted by atomic mass is 9.68. The van der Waals surface area contributed by atoms with E-state index in [0.29, 0.717) is 0 Å². The summed E-state index contributed by atoms with van der Waals surface area (Å²) in [5.41, 5.74) is 3.05. The van der Waals surface area contributed by atoms with Gasteiger partial charge in [-0.05, 0) is 105 Å². The average Bonchev–Trinajstić information content (AvgIpc) is 2.78. The second-order valence-corrected chi connectivity index (χ2v) is 9.48. The van der Waals surface area contributed by atoms with Crippen molar-refractivity contribution in [2.45, 2.75) is 96.3 Å². The first kappa shape index (κ1) is 22.1. The Morgan fingerprint density at radius 2 is 1.62 bits per heavy atom. The second kappa shape index (κ2) is 11.5. The summed E-state index contributed by atoms with van der Waals surface area (Å²) in [5.74, 6) is 2.72. The maximum Gasteiger partial charge on any atom is 0.196 e. The first-order valence-corrected chi connectivity index (χ1v) is 12.0. The van der Waals surface area contributed by atoms with Gasteiger partial charge in [-0.15, -0.1) is 0 Å². The molecular weight excluding hydrogens is 357 g/mol. The SMILES string of the molecule is CCCCc1ccc(C2CCC(C3CCC(CC/C=C(\F)C#N)CC3)CC2)cc1. The molecule has 0 atom stereocenters. The zero-order valence-electron chi connectivity index (χ0n) is 18.2. The third-order valence-corrected chi connectivity index (χ3v) is 7.61. The highest BCUT2D eigenvalue weighted by Crippen LogP contribution is 2.44. The fourth-order valence-electron chi connectivity index (χ4n) is 5.70. The van der Waals surface area contributed by atoms with Crippen molar-refractivity contribution in [3.05, 3.63) is 47.3 Å². The van der Waals surface area contributed by atoms with Gasteiger partial charge in [-0.1, -0.05) is 50.5 Å².